The van der Waals surface area contributed by atoms with E-state index in [0.717, 1.165) is 11.3 Å². The maximum Gasteiger partial charge on any atom is 0.247 e. The molecule has 0 saturated heterocycles. The Kier molecular flexibility index (Phi) is 5.01. The molecule has 0 amide bonds. The van der Waals surface area contributed by atoms with E-state index in [1.165, 1.54) is 29.2 Å². The second-order valence-electron chi connectivity index (χ2n) is 5.41. The van der Waals surface area contributed by atoms with Crippen molar-refractivity contribution < 1.29 is 4.74 Å². The van der Waals surface area contributed by atoms with E-state index < -0.39 is 0 Å². The minimum Gasteiger partial charge on any atom is -0.437 e. The van der Waals surface area contributed by atoms with E-state index in [0.29, 0.717) is 22.3 Å². The predicted octanol–water partition coefficient (Wildman–Crippen LogP) is 4.87. The van der Waals surface area contributed by atoms with Crippen LogP contribution < -0.4 is 10.5 Å². The molecule has 4 nitrogen and oxygen atoms in total. The molecule has 24 heavy (non-hydrogen) atoms. The van der Waals surface area contributed by atoms with Crippen LogP contribution in [0.5, 0.6) is 11.6 Å². The molecule has 2 N–H and O–H groups in total. The third-order valence-electron chi connectivity index (χ3n) is 3.59. The van der Waals surface area contributed by atoms with Gasteiger partial charge in [0.05, 0.1) is 0 Å². The van der Waals surface area contributed by atoms with E-state index in [2.05, 4.69) is 35.9 Å². The predicted molar refractivity (Wildman–Crippen MR) is 97.6 cm³/mol. The summed E-state index contributed by atoms with van der Waals surface area (Å²) in [6.07, 6.45) is 2.47. The highest BCUT2D eigenvalue weighted by molar-refractivity contribution is 7.99. The minimum absolute atomic E-state index is 0.379. The van der Waals surface area contributed by atoms with Gasteiger partial charge in [-0.15, -0.1) is 0 Å². The third kappa shape index (κ3) is 3.86. The fourth-order valence-electron chi connectivity index (χ4n) is 2.15. The Hall–Kier alpha value is -2.53. The summed E-state index contributed by atoms with van der Waals surface area (Å²) in [7, 11) is 0. The second kappa shape index (κ2) is 7.36. The number of aromatic nitrogens is 2. The zero-order valence-electron chi connectivity index (χ0n) is 13.7. The molecule has 122 valence electrons. The molecule has 0 atom stereocenters. The van der Waals surface area contributed by atoms with Gasteiger partial charge in [-0.1, -0.05) is 48.5 Å². The van der Waals surface area contributed by atoms with Crippen LogP contribution in [0.15, 0.2) is 64.8 Å². The van der Waals surface area contributed by atoms with Crippen molar-refractivity contribution in [2.24, 2.45) is 0 Å². The number of ether oxygens (including phenoxy) is 1. The van der Waals surface area contributed by atoms with Gasteiger partial charge in [0.2, 0.25) is 5.88 Å². The number of hydrogen-bond donors (Lipinski definition) is 1. The summed E-state index contributed by atoms with van der Waals surface area (Å²) in [5.41, 5.74) is 9.12. The molecule has 1 heterocycles. The number of aryl methyl sites for hydroxylation is 2. The zero-order valence-corrected chi connectivity index (χ0v) is 14.5. The van der Waals surface area contributed by atoms with Crippen LogP contribution >= 0.6 is 11.8 Å². The maximum atomic E-state index is 6.19. The van der Waals surface area contributed by atoms with Gasteiger partial charge in [-0.3, -0.25) is 0 Å². The molecule has 0 bridgehead atoms. The molecule has 5 heteroatoms. The summed E-state index contributed by atoms with van der Waals surface area (Å²) < 4.78 is 5.82. The highest BCUT2D eigenvalue weighted by atomic mass is 32.2. The lowest BCUT2D eigenvalue weighted by atomic mass is 10.2. The van der Waals surface area contributed by atoms with Crippen molar-refractivity contribution in [2.75, 3.05) is 5.73 Å². The Balaban J connectivity index is 1.80. The van der Waals surface area contributed by atoms with Gasteiger partial charge in [0.15, 0.2) is 0 Å². The number of nitrogens with two attached hydrogens (primary N) is 1. The van der Waals surface area contributed by atoms with Crippen LogP contribution in [0, 0.1) is 6.92 Å². The Bertz CT molecular complexity index is 817. The zero-order chi connectivity index (χ0) is 16.9. The van der Waals surface area contributed by atoms with Crippen molar-refractivity contribution >= 4 is 17.4 Å². The quantitative estimate of drug-likeness (QED) is 0.673. The summed E-state index contributed by atoms with van der Waals surface area (Å²) in [5, 5.41) is 0.689. The number of anilines is 1. The summed E-state index contributed by atoms with van der Waals surface area (Å²) in [5.74, 6) is 1.09. The van der Waals surface area contributed by atoms with Gasteiger partial charge in [0, 0.05) is 4.90 Å². The fraction of sp³-hybridized carbons (Fsp3) is 0.158. The van der Waals surface area contributed by atoms with Crippen molar-refractivity contribution in [3.8, 4) is 11.6 Å². The summed E-state index contributed by atoms with van der Waals surface area (Å²) in [6.45, 7) is 4.18. The molecule has 0 spiro atoms. The SMILES string of the molecule is CCc1ccc(Oc2ncnc(Sc3ccc(C)cc3)c2N)cc1. The highest BCUT2D eigenvalue weighted by Crippen LogP contribution is 2.35. The van der Waals surface area contributed by atoms with Gasteiger partial charge in [0.25, 0.3) is 0 Å². The fourth-order valence-corrected chi connectivity index (χ4v) is 2.94. The third-order valence-corrected chi connectivity index (χ3v) is 4.62. The second-order valence-corrected chi connectivity index (χ2v) is 6.47. The summed E-state index contributed by atoms with van der Waals surface area (Å²) >= 11 is 1.50. The van der Waals surface area contributed by atoms with E-state index in [1.54, 1.807) is 0 Å². The Morgan fingerprint density at radius 2 is 1.71 bits per heavy atom. The van der Waals surface area contributed by atoms with Crippen LogP contribution in [0.3, 0.4) is 0 Å². The first-order chi connectivity index (χ1) is 11.7. The number of nitrogen functional groups attached to an aromatic ring is 1. The minimum atomic E-state index is 0.379. The summed E-state index contributed by atoms with van der Waals surface area (Å²) in [4.78, 5) is 9.51. The Labute approximate surface area is 146 Å². The summed E-state index contributed by atoms with van der Waals surface area (Å²) in [6, 6.07) is 16.1. The van der Waals surface area contributed by atoms with Gasteiger partial charge >= 0.3 is 0 Å². The topological polar surface area (TPSA) is 61.0 Å². The van der Waals surface area contributed by atoms with Crippen LogP contribution in [-0.4, -0.2) is 9.97 Å². The monoisotopic (exact) mass is 337 g/mol. The molecule has 0 aliphatic carbocycles. The van der Waals surface area contributed by atoms with Crippen molar-refractivity contribution in [3.63, 3.8) is 0 Å². The van der Waals surface area contributed by atoms with E-state index in [4.69, 9.17) is 10.5 Å². The van der Waals surface area contributed by atoms with Gasteiger partial charge in [-0.2, -0.15) is 4.98 Å². The van der Waals surface area contributed by atoms with Crippen LogP contribution in [-0.2, 0) is 6.42 Å². The van der Waals surface area contributed by atoms with Crippen molar-refractivity contribution in [3.05, 3.63) is 66.0 Å². The molecule has 0 fully saturated rings. The molecule has 1 aromatic heterocycles. The first kappa shape index (κ1) is 16.3. The van der Waals surface area contributed by atoms with Crippen molar-refractivity contribution in [1.82, 2.24) is 9.97 Å². The van der Waals surface area contributed by atoms with Crippen molar-refractivity contribution in [1.29, 1.82) is 0 Å². The Morgan fingerprint density at radius 1 is 1.00 bits per heavy atom. The molecule has 0 saturated carbocycles. The Morgan fingerprint density at radius 3 is 2.38 bits per heavy atom. The lowest BCUT2D eigenvalue weighted by Gasteiger charge is -2.10. The molecular formula is C19H19N3OS. The molecule has 2 aromatic carbocycles. The van der Waals surface area contributed by atoms with Crippen LogP contribution in [0.4, 0.5) is 5.69 Å². The molecular weight excluding hydrogens is 318 g/mol. The molecule has 0 aliphatic heterocycles. The first-order valence-electron chi connectivity index (χ1n) is 7.77. The van der Waals surface area contributed by atoms with Gasteiger partial charge in [-0.05, 0) is 43.2 Å². The largest absolute Gasteiger partial charge is 0.437 e. The normalized spacial score (nSPS) is 10.6. The maximum absolute atomic E-state index is 6.19. The number of hydrogen-bond acceptors (Lipinski definition) is 5. The molecule has 3 rings (SSSR count). The van der Waals surface area contributed by atoms with E-state index in [-0.39, 0.29) is 0 Å². The van der Waals surface area contributed by atoms with Crippen LogP contribution in [0.2, 0.25) is 0 Å². The average Bonchev–Trinajstić information content (AvgIpc) is 2.61. The van der Waals surface area contributed by atoms with E-state index >= 15 is 0 Å². The van der Waals surface area contributed by atoms with Gasteiger partial charge in [-0.25, -0.2) is 4.98 Å². The van der Waals surface area contributed by atoms with Crippen LogP contribution in [0.1, 0.15) is 18.1 Å². The lowest BCUT2D eigenvalue weighted by molar-refractivity contribution is 0.462. The van der Waals surface area contributed by atoms with E-state index in [9.17, 15) is 0 Å². The van der Waals surface area contributed by atoms with Crippen molar-refractivity contribution in [2.45, 2.75) is 30.2 Å². The molecule has 0 radical (unpaired) electrons. The van der Waals surface area contributed by atoms with Gasteiger partial charge in [0.1, 0.15) is 22.8 Å². The first-order valence-corrected chi connectivity index (χ1v) is 8.59. The standard InChI is InChI=1S/C19H19N3OS/c1-3-14-6-8-15(9-7-14)23-18-17(20)19(22-12-21-18)24-16-10-4-13(2)5-11-16/h4-12H,3,20H2,1-2H3. The molecule has 3 aromatic rings. The van der Waals surface area contributed by atoms with E-state index in [1.807, 2.05) is 36.4 Å². The smallest absolute Gasteiger partial charge is 0.247 e. The highest BCUT2D eigenvalue weighted by Gasteiger charge is 2.11. The van der Waals surface area contributed by atoms with Gasteiger partial charge < -0.3 is 10.5 Å². The number of benzene rings is 2. The van der Waals surface area contributed by atoms with Crippen LogP contribution in [0.25, 0.3) is 0 Å². The number of nitrogens with zero attached hydrogens (tertiary/aromatic N) is 2. The lowest BCUT2D eigenvalue weighted by Crippen LogP contribution is -1.99. The number of rotatable bonds is 5. The average molecular weight is 337 g/mol. The molecule has 0 aliphatic rings. The molecule has 0 unspecified atom stereocenters.